The number of benzene rings is 1. The van der Waals surface area contributed by atoms with Crippen molar-refractivity contribution in [3.8, 4) is 0 Å². The predicted molar refractivity (Wildman–Crippen MR) is 79.9 cm³/mol. The van der Waals surface area contributed by atoms with Gasteiger partial charge in [0.15, 0.2) is 0 Å². The maximum atomic E-state index is 5.97. The van der Waals surface area contributed by atoms with Crippen LogP contribution in [0, 0.1) is 0 Å². The highest BCUT2D eigenvalue weighted by atomic mass is 79.9. The van der Waals surface area contributed by atoms with Gasteiger partial charge in [-0.1, -0.05) is 43.1 Å². The molecular formula is C15H20BrNO. The van der Waals surface area contributed by atoms with Crippen molar-refractivity contribution < 1.29 is 4.42 Å². The molecule has 0 spiro atoms. The highest BCUT2D eigenvalue weighted by molar-refractivity contribution is 9.10. The zero-order valence-electron chi connectivity index (χ0n) is 11.2. The lowest BCUT2D eigenvalue weighted by Crippen LogP contribution is -2.22. The molecule has 0 aliphatic rings. The van der Waals surface area contributed by atoms with Crippen molar-refractivity contribution in [2.75, 3.05) is 0 Å². The fourth-order valence-electron chi connectivity index (χ4n) is 2.14. The van der Waals surface area contributed by atoms with E-state index in [-0.39, 0.29) is 0 Å². The van der Waals surface area contributed by atoms with Crippen molar-refractivity contribution in [2.24, 2.45) is 0 Å². The first-order chi connectivity index (χ1) is 8.61. The second kappa shape index (κ2) is 5.89. The van der Waals surface area contributed by atoms with Crippen LogP contribution in [-0.2, 0) is 13.0 Å². The van der Waals surface area contributed by atoms with Crippen LogP contribution < -0.4 is 5.32 Å². The lowest BCUT2D eigenvalue weighted by Gasteiger charge is -2.07. The first-order valence-electron chi connectivity index (χ1n) is 6.55. The molecule has 18 heavy (non-hydrogen) atoms. The highest BCUT2D eigenvalue weighted by Crippen LogP contribution is 2.29. The molecule has 1 N–H and O–H groups in total. The molecule has 1 aromatic heterocycles. The molecule has 0 bridgehead atoms. The summed E-state index contributed by atoms with van der Waals surface area (Å²) in [5.74, 6) is 1.08. The molecule has 0 atom stereocenters. The normalized spacial score (nSPS) is 11.6. The van der Waals surface area contributed by atoms with E-state index in [2.05, 4.69) is 48.1 Å². The van der Waals surface area contributed by atoms with Crippen molar-refractivity contribution in [2.45, 2.75) is 46.2 Å². The van der Waals surface area contributed by atoms with Crippen LogP contribution in [0.1, 0.15) is 38.5 Å². The molecule has 0 saturated carbocycles. The molecule has 0 aliphatic heterocycles. The van der Waals surface area contributed by atoms with E-state index in [1.165, 1.54) is 10.9 Å². The number of hydrogen-bond acceptors (Lipinski definition) is 2. The Morgan fingerprint density at radius 3 is 2.78 bits per heavy atom. The van der Waals surface area contributed by atoms with Crippen LogP contribution in [-0.4, -0.2) is 6.04 Å². The Kier molecular flexibility index (Phi) is 4.46. The zero-order valence-corrected chi connectivity index (χ0v) is 12.8. The standard InChI is InChI=1S/C15H20BrNO/c1-4-5-12-13-8-11(16)6-7-14(13)18-15(12)9-17-10(2)3/h6-8,10,17H,4-5,9H2,1-3H3. The quantitative estimate of drug-likeness (QED) is 0.870. The molecule has 0 fully saturated rings. The van der Waals surface area contributed by atoms with Crippen LogP contribution in [0.25, 0.3) is 11.0 Å². The van der Waals surface area contributed by atoms with Crippen LogP contribution in [0.2, 0.25) is 0 Å². The van der Waals surface area contributed by atoms with Crippen molar-refractivity contribution in [3.63, 3.8) is 0 Å². The van der Waals surface area contributed by atoms with Crippen LogP contribution in [0.4, 0.5) is 0 Å². The van der Waals surface area contributed by atoms with Gasteiger partial charge in [-0.25, -0.2) is 0 Å². The van der Waals surface area contributed by atoms with Gasteiger partial charge in [-0.15, -0.1) is 0 Å². The summed E-state index contributed by atoms with van der Waals surface area (Å²) < 4.78 is 7.08. The van der Waals surface area contributed by atoms with E-state index in [0.29, 0.717) is 6.04 Å². The second-order valence-electron chi connectivity index (χ2n) is 4.93. The Bertz CT molecular complexity index is 531. The van der Waals surface area contributed by atoms with Crippen molar-refractivity contribution >= 4 is 26.9 Å². The molecule has 2 nitrogen and oxygen atoms in total. The molecule has 0 radical (unpaired) electrons. The van der Waals surface area contributed by atoms with Crippen LogP contribution in [0.5, 0.6) is 0 Å². The van der Waals surface area contributed by atoms with Gasteiger partial charge in [0.2, 0.25) is 0 Å². The zero-order chi connectivity index (χ0) is 13.1. The molecule has 0 saturated heterocycles. The first-order valence-corrected chi connectivity index (χ1v) is 7.34. The third kappa shape index (κ3) is 2.96. The fraction of sp³-hybridized carbons (Fsp3) is 0.467. The van der Waals surface area contributed by atoms with Gasteiger partial charge in [-0.05, 0) is 24.6 Å². The lowest BCUT2D eigenvalue weighted by atomic mass is 10.1. The van der Waals surface area contributed by atoms with E-state index < -0.39 is 0 Å². The number of fused-ring (bicyclic) bond motifs is 1. The third-order valence-corrected chi connectivity index (χ3v) is 3.50. The summed E-state index contributed by atoms with van der Waals surface area (Å²) in [6.07, 6.45) is 2.20. The highest BCUT2D eigenvalue weighted by Gasteiger charge is 2.13. The average Bonchev–Trinajstić information content (AvgIpc) is 2.65. The van der Waals surface area contributed by atoms with Gasteiger partial charge in [0, 0.05) is 21.5 Å². The Balaban J connectivity index is 2.41. The second-order valence-corrected chi connectivity index (χ2v) is 5.85. The Hall–Kier alpha value is -0.800. The fourth-order valence-corrected chi connectivity index (χ4v) is 2.50. The Morgan fingerprint density at radius 2 is 2.11 bits per heavy atom. The molecule has 1 heterocycles. The summed E-state index contributed by atoms with van der Waals surface area (Å²) >= 11 is 3.53. The minimum atomic E-state index is 0.472. The smallest absolute Gasteiger partial charge is 0.134 e. The molecule has 0 amide bonds. The van der Waals surface area contributed by atoms with E-state index >= 15 is 0 Å². The molecule has 1 aromatic carbocycles. The van der Waals surface area contributed by atoms with E-state index in [0.717, 1.165) is 35.2 Å². The maximum absolute atomic E-state index is 5.97. The summed E-state index contributed by atoms with van der Waals surface area (Å²) in [7, 11) is 0. The molecule has 2 rings (SSSR count). The van der Waals surface area contributed by atoms with Gasteiger partial charge >= 0.3 is 0 Å². The van der Waals surface area contributed by atoms with Crippen molar-refractivity contribution in [3.05, 3.63) is 34.0 Å². The van der Waals surface area contributed by atoms with E-state index in [1.807, 2.05) is 12.1 Å². The van der Waals surface area contributed by atoms with Gasteiger partial charge in [-0.2, -0.15) is 0 Å². The summed E-state index contributed by atoms with van der Waals surface area (Å²) in [4.78, 5) is 0. The number of rotatable bonds is 5. The van der Waals surface area contributed by atoms with Crippen molar-refractivity contribution in [1.29, 1.82) is 0 Å². The summed E-state index contributed by atoms with van der Waals surface area (Å²) in [6, 6.07) is 6.70. The topological polar surface area (TPSA) is 25.2 Å². The summed E-state index contributed by atoms with van der Waals surface area (Å²) in [5, 5.41) is 4.67. The number of furan rings is 1. The Morgan fingerprint density at radius 1 is 1.33 bits per heavy atom. The monoisotopic (exact) mass is 309 g/mol. The van der Waals surface area contributed by atoms with Gasteiger partial charge < -0.3 is 9.73 Å². The molecule has 0 unspecified atom stereocenters. The average molecular weight is 310 g/mol. The van der Waals surface area contributed by atoms with Gasteiger partial charge in [0.1, 0.15) is 11.3 Å². The SMILES string of the molecule is CCCc1c(CNC(C)C)oc2ccc(Br)cc12. The van der Waals surface area contributed by atoms with Crippen LogP contribution in [0.3, 0.4) is 0 Å². The van der Waals surface area contributed by atoms with Gasteiger partial charge in [-0.3, -0.25) is 0 Å². The van der Waals surface area contributed by atoms with E-state index in [1.54, 1.807) is 0 Å². The minimum Gasteiger partial charge on any atom is -0.459 e. The summed E-state index contributed by atoms with van der Waals surface area (Å²) in [5.41, 5.74) is 2.34. The first kappa shape index (κ1) is 13.6. The number of halogens is 1. The van der Waals surface area contributed by atoms with Crippen LogP contribution in [0.15, 0.2) is 27.1 Å². The number of hydrogen-bond donors (Lipinski definition) is 1. The van der Waals surface area contributed by atoms with Gasteiger partial charge in [0.25, 0.3) is 0 Å². The van der Waals surface area contributed by atoms with Crippen LogP contribution >= 0.6 is 15.9 Å². The van der Waals surface area contributed by atoms with E-state index in [9.17, 15) is 0 Å². The Labute approximate surface area is 117 Å². The number of aryl methyl sites for hydroxylation is 1. The third-order valence-electron chi connectivity index (χ3n) is 3.01. The lowest BCUT2D eigenvalue weighted by molar-refractivity contribution is 0.483. The van der Waals surface area contributed by atoms with Crippen molar-refractivity contribution in [1.82, 2.24) is 5.32 Å². The molecular weight excluding hydrogens is 290 g/mol. The van der Waals surface area contributed by atoms with Gasteiger partial charge in [0.05, 0.1) is 6.54 Å². The maximum Gasteiger partial charge on any atom is 0.134 e. The predicted octanol–water partition coefficient (Wildman–Crippen LogP) is 4.65. The molecule has 3 heteroatoms. The largest absolute Gasteiger partial charge is 0.459 e. The molecule has 0 aliphatic carbocycles. The minimum absolute atomic E-state index is 0.472. The molecule has 2 aromatic rings. The summed E-state index contributed by atoms with van der Waals surface area (Å²) in [6.45, 7) is 7.31. The van der Waals surface area contributed by atoms with E-state index in [4.69, 9.17) is 4.42 Å². The molecule has 98 valence electrons. The number of nitrogens with one attached hydrogen (secondary N) is 1.